The van der Waals surface area contributed by atoms with E-state index in [1.807, 2.05) is 22.9 Å². The summed E-state index contributed by atoms with van der Waals surface area (Å²) in [5, 5.41) is 5.20. The topological polar surface area (TPSA) is 43.6 Å². The number of aromatic nitrogens is 4. The molecule has 0 aromatic carbocycles. The van der Waals surface area contributed by atoms with E-state index in [4.69, 9.17) is 11.6 Å². The third-order valence-electron chi connectivity index (χ3n) is 1.28. The van der Waals surface area contributed by atoms with E-state index in [0.717, 1.165) is 11.0 Å². The Hall–Kier alpha value is -0.430. The van der Waals surface area contributed by atoms with Crippen molar-refractivity contribution in [3.8, 4) is 0 Å². The van der Waals surface area contributed by atoms with E-state index < -0.39 is 0 Å². The highest BCUT2D eigenvalue weighted by molar-refractivity contribution is 14.1. The Morgan fingerprint density at radius 1 is 1.45 bits per heavy atom. The van der Waals surface area contributed by atoms with E-state index >= 15 is 0 Å². The molecule has 0 aliphatic heterocycles. The van der Waals surface area contributed by atoms with Gasteiger partial charge in [0, 0.05) is 0 Å². The van der Waals surface area contributed by atoms with Crippen molar-refractivity contribution in [3.05, 3.63) is 17.7 Å². The van der Waals surface area contributed by atoms with E-state index in [1.165, 1.54) is 6.33 Å². The highest BCUT2D eigenvalue weighted by atomic mass is 127. The zero-order valence-electron chi connectivity index (χ0n) is 5.20. The Morgan fingerprint density at radius 2 is 2.27 bits per heavy atom. The van der Waals surface area contributed by atoms with Gasteiger partial charge in [-0.15, -0.1) is 0 Å². The molecule has 11 heavy (non-hydrogen) atoms. The molecule has 0 saturated carbocycles. The molecule has 56 valence electrons. The van der Waals surface area contributed by atoms with Gasteiger partial charge in [0.2, 0.25) is 0 Å². The molecular weight excluding hydrogens is 278 g/mol. The Labute approximate surface area is 81.1 Å². The van der Waals surface area contributed by atoms with Gasteiger partial charge in [-0.25, -0.2) is 9.97 Å². The van der Waals surface area contributed by atoms with E-state index in [-0.39, 0.29) is 0 Å². The van der Waals surface area contributed by atoms with Crippen LogP contribution in [0.1, 0.15) is 0 Å². The summed E-state index contributed by atoms with van der Waals surface area (Å²) in [7, 11) is 0. The van der Waals surface area contributed by atoms with Gasteiger partial charge in [0.05, 0.1) is 34.4 Å². The SMILES string of the molecule is Clc1ncnc2c1cnn2I. The number of hydrogen-bond acceptors (Lipinski definition) is 3. The second kappa shape index (κ2) is 2.56. The maximum atomic E-state index is 5.76. The van der Waals surface area contributed by atoms with Crippen molar-refractivity contribution < 1.29 is 0 Å². The number of nitrogens with zero attached hydrogens (tertiary/aromatic N) is 4. The molecule has 2 aromatic rings. The van der Waals surface area contributed by atoms with E-state index in [1.54, 1.807) is 9.09 Å². The van der Waals surface area contributed by atoms with Crippen LogP contribution in [0.2, 0.25) is 5.15 Å². The highest BCUT2D eigenvalue weighted by Crippen LogP contribution is 2.18. The molecule has 4 nitrogen and oxygen atoms in total. The van der Waals surface area contributed by atoms with Crippen molar-refractivity contribution in [2.75, 3.05) is 0 Å². The van der Waals surface area contributed by atoms with Crippen LogP contribution in [0.15, 0.2) is 12.5 Å². The molecule has 0 radical (unpaired) electrons. The summed E-state index contributed by atoms with van der Waals surface area (Å²) < 4.78 is 1.63. The van der Waals surface area contributed by atoms with Gasteiger partial charge in [-0.05, 0) is 0 Å². The van der Waals surface area contributed by atoms with Crippen molar-refractivity contribution in [3.63, 3.8) is 0 Å². The smallest absolute Gasteiger partial charge is 0.172 e. The normalized spacial score (nSPS) is 10.7. The van der Waals surface area contributed by atoms with Crippen LogP contribution in [-0.4, -0.2) is 18.0 Å². The molecule has 0 fully saturated rings. The fraction of sp³-hybridized carbons (Fsp3) is 0. The van der Waals surface area contributed by atoms with Crippen molar-refractivity contribution in [2.45, 2.75) is 0 Å². The predicted molar refractivity (Wildman–Crippen MR) is 49.8 cm³/mol. The molecule has 0 unspecified atom stereocenters. The first-order valence-electron chi connectivity index (χ1n) is 2.79. The molecule has 0 spiro atoms. The molecule has 0 bridgehead atoms. The molecule has 0 atom stereocenters. The van der Waals surface area contributed by atoms with Crippen LogP contribution in [0.3, 0.4) is 0 Å². The van der Waals surface area contributed by atoms with Crippen LogP contribution in [0.25, 0.3) is 11.0 Å². The Kier molecular flexibility index (Phi) is 1.68. The second-order valence-electron chi connectivity index (χ2n) is 1.91. The van der Waals surface area contributed by atoms with Gasteiger partial charge in [0.1, 0.15) is 11.5 Å². The monoisotopic (exact) mass is 280 g/mol. The molecule has 2 aromatic heterocycles. The average molecular weight is 280 g/mol. The molecule has 2 heterocycles. The summed E-state index contributed by atoms with van der Waals surface area (Å²) in [6, 6.07) is 0. The minimum Gasteiger partial charge on any atom is -0.224 e. The molecule has 2 rings (SSSR count). The lowest BCUT2D eigenvalue weighted by Crippen LogP contribution is -1.85. The van der Waals surface area contributed by atoms with Gasteiger partial charge in [0.25, 0.3) is 0 Å². The van der Waals surface area contributed by atoms with Gasteiger partial charge in [-0.3, -0.25) is 0 Å². The number of rotatable bonds is 0. The molecule has 6 heteroatoms. The fourth-order valence-corrected chi connectivity index (χ4v) is 1.47. The quantitative estimate of drug-likeness (QED) is 0.545. The van der Waals surface area contributed by atoms with Gasteiger partial charge >= 0.3 is 0 Å². The van der Waals surface area contributed by atoms with Crippen molar-refractivity contribution in [1.29, 1.82) is 0 Å². The lowest BCUT2D eigenvalue weighted by atomic mass is 10.4. The molecule has 0 aliphatic carbocycles. The van der Waals surface area contributed by atoms with Crippen LogP contribution in [-0.2, 0) is 0 Å². The minimum absolute atomic E-state index is 0.443. The summed E-state index contributed by atoms with van der Waals surface area (Å²) in [4.78, 5) is 7.82. The van der Waals surface area contributed by atoms with E-state index in [0.29, 0.717) is 5.15 Å². The maximum absolute atomic E-state index is 5.76. The zero-order valence-corrected chi connectivity index (χ0v) is 8.11. The summed E-state index contributed by atoms with van der Waals surface area (Å²) >= 11 is 7.79. The van der Waals surface area contributed by atoms with Gasteiger partial charge in [-0.1, -0.05) is 11.6 Å². The third-order valence-corrected chi connectivity index (χ3v) is 2.28. The van der Waals surface area contributed by atoms with Crippen LogP contribution in [0.5, 0.6) is 0 Å². The fourth-order valence-electron chi connectivity index (χ4n) is 0.787. The lowest BCUT2D eigenvalue weighted by Gasteiger charge is -1.90. The molecule has 0 aliphatic rings. The van der Waals surface area contributed by atoms with Crippen LogP contribution >= 0.6 is 34.5 Å². The highest BCUT2D eigenvalue weighted by Gasteiger charge is 2.04. The lowest BCUT2D eigenvalue weighted by molar-refractivity contribution is 1.06. The number of fused-ring (bicyclic) bond motifs is 1. The first-order chi connectivity index (χ1) is 5.29. The number of halogens is 2. The van der Waals surface area contributed by atoms with Crippen molar-refractivity contribution >= 4 is 45.5 Å². The molecule has 0 N–H and O–H groups in total. The Bertz CT molecular complexity index is 398. The maximum Gasteiger partial charge on any atom is 0.172 e. The van der Waals surface area contributed by atoms with E-state index in [9.17, 15) is 0 Å². The molecule has 0 amide bonds. The van der Waals surface area contributed by atoms with Crippen LogP contribution in [0.4, 0.5) is 0 Å². The summed E-state index contributed by atoms with van der Waals surface area (Å²) in [5.74, 6) is 0. The predicted octanol–water partition coefficient (Wildman–Crippen LogP) is 1.68. The Morgan fingerprint density at radius 3 is 3.00 bits per heavy atom. The minimum atomic E-state index is 0.443. The molecule has 0 saturated heterocycles. The third kappa shape index (κ3) is 1.08. The number of hydrogen-bond donors (Lipinski definition) is 0. The first kappa shape index (κ1) is 7.23. The summed E-state index contributed by atoms with van der Waals surface area (Å²) in [6.45, 7) is 0. The average Bonchev–Trinajstić information content (AvgIpc) is 2.35. The Balaban J connectivity index is 2.94. The van der Waals surface area contributed by atoms with Gasteiger partial charge in [-0.2, -0.15) is 7.99 Å². The summed E-state index contributed by atoms with van der Waals surface area (Å²) in [5.41, 5.74) is 0.741. The van der Waals surface area contributed by atoms with Crippen molar-refractivity contribution in [1.82, 2.24) is 18.0 Å². The first-order valence-corrected chi connectivity index (χ1v) is 4.13. The molecular formula is C5H2ClIN4. The summed E-state index contributed by atoms with van der Waals surface area (Å²) in [6.07, 6.45) is 3.06. The van der Waals surface area contributed by atoms with Crippen LogP contribution in [0, 0.1) is 0 Å². The van der Waals surface area contributed by atoms with E-state index in [2.05, 4.69) is 15.1 Å². The van der Waals surface area contributed by atoms with Gasteiger partial charge < -0.3 is 0 Å². The van der Waals surface area contributed by atoms with Crippen LogP contribution < -0.4 is 0 Å². The standard InChI is InChI=1S/C5H2ClIN4/c6-4-3-1-10-11(7)5(3)9-2-8-4/h1-2H. The zero-order chi connectivity index (χ0) is 7.84. The second-order valence-corrected chi connectivity index (χ2v) is 3.18. The van der Waals surface area contributed by atoms with Crippen molar-refractivity contribution in [2.24, 2.45) is 0 Å². The van der Waals surface area contributed by atoms with Gasteiger partial charge in [0.15, 0.2) is 5.65 Å². The largest absolute Gasteiger partial charge is 0.224 e.